The number of nitrogens with one attached hydrogen (secondary N) is 1. The molecule has 1 heterocycles. The van der Waals surface area contributed by atoms with Gasteiger partial charge in [-0.15, -0.1) is 0 Å². The Bertz CT molecular complexity index is 213. The molecule has 0 bridgehead atoms. The highest BCUT2D eigenvalue weighted by molar-refractivity contribution is 6.04. The fraction of sp³-hybridized carbons (Fsp3) is 0.750. The summed E-state index contributed by atoms with van der Waals surface area (Å²) in [6.45, 7) is 5.26. The molecule has 0 aromatic carbocycles. The third-order valence-corrected chi connectivity index (χ3v) is 1.91. The van der Waals surface area contributed by atoms with E-state index in [-0.39, 0.29) is 18.2 Å². The molecule has 1 N–H and O–H groups in total. The minimum absolute atomic E-state index is 0.134. The maximum absolute atomic E-state index is 11.1. The molecule has 5 nitrogen and oxygen atoms in total. The lowest BCUT2D eigenvalue weighted by Crippen LogP contribution is -2.34. The van der Waals surface area contributed by atoms with Crippen LogP contribution < -0.4 is 5.32 Å². The zero-order valence-corrected chi connectivity index (χ0v) is 7.87. The van der Waals surface area contributed by atoms with Crippen LogP contribution >= 0.6 is 0 Å². The van der Waals surface area contributed by atoms with Crippen LogP contribution in [-0.2, 0) is 14.4 Å². The molecule has 0 saturated carbocycles. The Hall–Kier alpha value is -0.940. The first-order valence-electron chi connectivity index (χ1n) is 4.42. The molecule has 1 saturated heterocycles. The molecule has 74 valence electrons. The van der Waals surface area contributed by atoms with Gasteiger partial charge in [0.25, 0.3) is 5.91 Å². The Balaban J connectivity index is 2.44. The van der Waals surface area contributed by atoms with Crippen molar-refractivity contribution < 1.29 is 14.4 Å². The van der Waals surface area contributed by atoms with E-state index in [9.17, 15) is 9.59 Å². The van der Waals surface area contributed by atoms with Gasteiger partial charge in [0.2, 0.25) is 5.91 Å². The Morgan fingerprint density at radius 2 is 2.08 bits per heavy atom. The van der Waals surface area contributed by atoms with Crippen molar-refractivity contribution in [2.24, 2.45) is 0 Å². The van der Waals surface area contributed by atoms with E-state index in [1.807, 2.05) is 13.8 Å². The van der Waals surface area contributed by atoms with Crippen LogP contribution in [0.5, 0.6) is 0 Å². The van der Waals surface area contributed by atoms with E-state index in [4.69, 9.17) is 4.84 Å². The van der Waals surface area contributed by atoms with E-state index in [1.165, 1.54) is 0 Å². The largest absolute Gasteiger partial charge is 0.294 e. The van der Waals surface area contributed by atoms with Gasteiger partial charge in [0.05, 0.1) is 6.42 Å². The summed E-state index contributed by atoms with van der Waals surface area (Å²) in [4.78, 5) is 27.2. The Morgan fingerprint density at radius 1 is 1.46 bits per heavy atom. The Morgan fingerprint density at radius 3 is 2.46 bits per heavy atom. The molecule has 2 amide bonds. The number of hydrogen-bond donors (Lipinski definition) is 1. The van der Waals surface area contributed by atoms with Gasteiger partial charge in [0.15, 0.2) is 6.10 Å². The number of carbonyl (C=O) groups excluding carboxylic acids is 2. The van der Waals surface area contributed by atoms with Crippen molar-refractivity contribution in [1.82, 2.24) is 10.4 Å². The molecule has 0 spiro atoms. The van der Waals surface area contributed by atoms with Crippen LogP contribution in [0.25, 0.3) is 0 Å². The van der Waals surface area contributed by atoms with Crippen molar-refractivity contribution in [3.63, 3.8) is 0 Å². The molecule has 0 aromatic heterocycles. The van der Waals surface area contributed by atoms with E-state index >= 15 is 0 Å². The molecule has 1 rings (SSSR count). The monoisotopic (exact) mass is 186 g/mol. The van der Waals surface area contributed by atoms with Gasteiger partial charge in [-0.2, -0.15) is 5.06 Å². The van der Waals surface area contributed by atoms with Crippen LogP contribution in [0.15, 0.2) is 0 Å². The highest BCUT2D eigenvalue weighted by Crippen LogP contribution is 2.08. The third-order valence-electron chi connectivity index (χ3n) is 1.91. The second kappa shape index (κ2) is 4.34. The summed E-state index contributed by atoms with van der Waals surface area (Å²) in [6, 6.07) is 0. The van der Waals surface area contributed by atoms with Crippen molar-refractivity contribution in [2.75, 3.05) is 13.1 Å². The predicted molar refractivity (Wildman–Crippen MR) is 45.6 cm³/mol. The van der Waals surface area contributed by atoms with Gasteiger partial charge >= 0.3 is 0 Å². The number of amides is 2. The summed E-state index contributed by atoms with van der Waals surface area (Å²) < 4.78 is 0. The lowest BCUT2D eigenvalue weighted by Gasteiger charge is -2.20. The average Bonchev–Trinajstić information content (AvgIpc) is 2.41. The number of imide groups is 1. The third kappa shape index (κ3) is 2.50. The first-order chi connectivity index (χ1) is 6.17. The standard InChI is InChI=1S/C8H14N2O3/c1-3-10(4-2)13-6-5-7(11)9-8(6)12/h6H,3-5H2,1-2H3,(H,9,11,12). The van der Waals surface area contributed by atoms with Crippen LogP contribution in [0.3, 0.4) is 0 Å². The topological polar surface area (TPSA) is 58.6 Å². The van der Waals surface area contributed by atoms with Crippen molar-refractivity contribution in [3.8, 4) is 0 Å². The molecule has 0 aromatic rings. The summed E-state index contributed by atoms with van der Waals surface area (Å²) in [5.74, 6) is -0.598. The van der Waals surface area contributed by atoms with Crippen LogP contribution in [0.4, 0.5) is 0 Å². The maximum Gasteiger partial charge on any atom is 0.258 e. The first kappa shape index (κ1) is 10.1. The molecular weight excluding hydrogens is 172 g/mol. The van der Waals surface area contributed by atoms with Crippen LogP contribution in [0, 0.1) is 0 Å². The summed E-state index contributed by atoms with van der Waals surface area (Å²) in [5, 5.41) is 3.85. The maximum atomic E-state index is 11.1. The Labute approximate surface area is 77.0 Å². The SMILES string of the molecule is CCN(CC)OC1CC(=O)NC1=O. The van der Waals surface area contributed by atoms with E-state index in [2.05, 4.69) is 5.32 Å². The zero-order valence-electron chi connectivity index (χ0n) is 7.87. The lowest BCUT2D eigenvalue weighted by molar-refractivity contribution is -0.192. The van der Waals surface area contributed by atoms with Crippen molar-refractivity contribution in [1.29, 1.82) is 0 Å². The minimum atomic E-state index is -0.632. The number of nitrogens with zero attached hydrogens (tertiary/aromatic N) is 1. The molecule has 1 aliphatic rings. The lowest BCUT2D eigenvalue weighted by atomic mass is 10.3. The molecule has 1 fully saturated rings. The van der Waals surface area contributed by atoms with Gasteiger partial charge in [0, 0.05) is 13.1 Å². The highest BCUT2D eigenvalue weighted by atomic mass is 16.7. The van der Waals surface area contributed by atoms with E-state index in [1.54, 1.807) is 5.06 Å². The van der Waals surface area contributed by atoms with Crippen molar-refractivity contribution >= 4 is 11.8 Å². The van der Waals surface area contributed by atoms with Gasteiger partial charge in [-0.1, -0.05) is 13.8 Å². The Kier molecular flexibility index (Phi) is 3.39. The zero-order chi connectivity index (χ0) is 9.84. The fourth-order valence-corrected chi connectivity index (χ4v) is 1.17. The molecule has 1 aliphatic heterocycles. The predicted octanol–water partition coefficient (Wildman–Crippen LogP) is -0.325. The van der Waals surface area contributed by atoms with E-state index in [0.717, 1.165) is 0 Å². The molecule has 13 heavy (non-hydrogen) atoms. The van der Waals surface area contributed by atoms with Crippen molar-refractivity contribution in [3.05, 3.63) is 0 Å². The van der Waals surface area contributed by atoms with E-state index < -0.39 is 6.10 Å². The van der Waals surface area contributed by atoms with Gasteiger partial charge in [-0.25, -0.2) is 0 Å². The molecule has 5 heteroatoms. The first-order valence-corrected chi connectivity index (χ1v) is 4.42. The molecule has 1 atom stereocenters. The van der Waals surface area contributed by atoms with Crippen LogP contribution in [0.2, 0.25) is 0 Å². The summed E-state index contributed by atoms with van der Waals surface area (Å²) in [5.41, 5.74) is 0. The number of rotatable bonds is 4. The van der Waals surface area contributed by atoms with Crippen LogP contribution in [-0.4, -0.2) is 36.1 Å². The second-order valence-electron chi connectivity index (χ2n) is 2.82. The van der Waals surface area contributed by atoms with Gasteiger partial charge in [-0.05, 0) is 0 Å². The quantitative estimate of drug-likeness (QED) is 0.482. The summed E-state index contributed by atoms with van der Waals surface area (Å²) >= 11 is 0. The number of hydrogen-bond acceptors (Lipinski definition) is 4. The molecule has 0 radical (unpaired) electrons. The molecule has 1 unspecified atom stereocenters. The number of hydroxylamine groups is 2. The highest BCUT2D eigenvalue weighted by Gasteiger charge is 2.32. The second-order valence-corrected chi connectivity index (χ2v) is 2.82. The van der Waals surface area contributed by atoms with Crippen LogP contribution in [0.1, 0.15) is 20.3 Å². The number of carbonyl (C=O) groups is 2. The van der Waals surface area contributed by atoms with Crippen molar-refractivity contribution in [2.45, 2.75) is 26.4 Å². The van der Waals surface area contributed by atoms with Gasteiger partial charge in [-0.3, -0.25) is 19.7 Å². The van der Waals surface area contributed by atoms with Gasteiger partial charge < -0.3 is 0 Å². The minimum Gasteiger partial charge on any atom is -0.294 e. The average molecular weight is 186 g/mol. The van der Waals surface area contributed by atoms with Gasteiger partial charge in [0.1, 0.15) is 0 Å². The van der Waals surface area contributed by atoms with E-state index in [0.29, 0.717) is 13.1 Å². The normalized spacial score (nSPS) is 22.5. The summed E-state index contributed by atoms with van der Waals surface area (Å²) in [6.07, 6.45) is -0.498. The summed E-state index contributed by atoms with van der Waals surface area (Å²) in [7, 11) is 0. The molecular formula is C8H14N2O3. The fourth-order valence-electron chi connectivity index (χ4n) is 1.17. The smallest absolute Gasteiger partial charge is 0.258 e. The molecule has 0 aliphatic carbocycles.